The second kappa shape index (κ2) is 3.45. The van der Waals surface area contributed by atoms with E-state index in [2.05, 4.69) is 5.32 Å². The van der Waals surface area contributed by atoms with Gasteiger partial charge < -0.3 is 5.32 Å². The monoisotopic (exact) mass is 217 g/mol. The van der Waals surface area contributed by atoms with E-state index in [1.165, 1.54) is 0 Å². The summed E-state index contributed by atoms with van der Waals surface area (Å²) in [6.45, 7) is 0.296. The van der Waals surface area contributed by atoms with Gasteiger partial charge in [-0.2, -0.15) is 22.0 Å². The lowest BCUT2D eigenvalue weighted by atomic mass is 10.0. The third kappa shape index (κ3) is 1.87. The normalized spacial score (nSPS) is 23.9. The molecule has 14 heavy (non-hydrogen) atoms. The molecule has 1 atom stereocenters. The molecule has 82 valence electrons. The molecule has 1 N–H and O–H groups in total. The van der Waals surface area contributed by atoms with E-state index >= 15 is 0 Å². The number of carbonyl (C=O) groups is 1. The summed E-state index contributed by atoms with van der Waals surface area (Å²) in [4.78, 5) is 10.8. The summed E-state index contributed by atoms with van der Waals surface area (Å²) in [7, 11) is 0. The maximum absolute atomic E-state index is 12.5. The molecule has 1 fully saturated rings. The van der Waals surface area contributed by atoms with Gasteiger partial charge in [-0.05, 0) is 19.4 Å². The first-order valence-electron chi connectivity index (χ1n) is 3.99. The maximum Gasteiger partial charge on any atom is 0.461 e. The van der Waals surface area contributed by atoms with Gasteiger partial charge in [0.2, 0.25) is 5.78 Å². The molecule has 1 heterocycles. The van der Waals surface area contributed by atoms with Crippen molar-refractivity contribution >= 4 is 5.78 Å². The van der Waals surface area contributed by atoms with Crippen LogP contribution < -0.4 is 5.32 Å². The second-order valence-corrected chi connectivity index (χ2v) is 3.09. The fourth-order valence-electron chi connectivity index (χ4n) is 1.27. The number of nitrogens with one attached hydrogen (secondary N) is 1. The highest BCUT2D eigenvalue weighted by atomic mass is 19.4. The molecule has 1 aliphatic heterocycles. The number of hydrogen-bond acceptors (Lipinski definition) is 2. The molecule has 0 bridgehead atoms. The highest BCUT2D eigenvalue weighted by Crippen LogP contribution is 2.37. The Bertz CT molecular complexity index is 231. The highest BCUT2D eigenvalue weighted by molar-refractivity contribution is 5.91. The van der Waals surface area contributed by atoms with E-state index in [9.17, 15) is 26.7 Å². The summed E-state index contributed by atoms with van der Waals surface area (Å²) in [5.74, 6) is -7.32. The Morgan fingerprint density at radius 3 is 2.14 bits per heavy atom. The summed E-state index contributed by atoms with van der Waals surface area (Å²) in [6.07, 6.45) is -5.33. The van der Waals surface area contributed by atoms with Crippen LogP contribution in [0.4, 0.5) is 22.0 Å². The van der Waals surface area contributed by atoms with E-state index in [0.717, 1.165) is 0 Å². The van der Waals surface area contributed by atoms with Gasteiger partial charge in [0.15, 0.2) is 0 Å². The Morgan fingerprint density at radius 1 is 1.21 bits per heavy atom. The van der Waals surface area contributed by atoms with Crippen molar-refractivity contribution in [1.82, 2.24) is 5.32 Å². The maximum atomic E-state index is 12.5. The van der Waals surface area contributed by atoms with Crippen LogP contribution in [0.15, 0.2) is 0 Å². The molecule has 1 aliphatic rings. The first-order chi connectivity index (χ1) is 6.27. The Labute approximate surface area is 76.5 Å². The van der Waals surface area contributed by atoms with Gasteiger partial charge in [-0.1, -0.05) is 0 Å². The van der Waals surface area contributed by atoms with Crippen LogP contribution in [0.25, 0.3) is 0 Å². The van der Waals surface area contributed by atoms with Gasteiger partial charge in [-0.25, -0.2) is 0 Å². The summed E-state index contributed by atoms with van der Waals surface area (Å²) in [5, 5.41) is 2.31. The lowest BCUT2D eigenvalue weighted by Crippen LogP contribution is -2.51. The van der Waals surface area contributed by atoms with Gasteiger partial charge in [0.25, 0.3) is 0 Å². The Hall–Kier alpha value is -0.720. The number of ketones is 1. The molecule has 0 saturated carbocycles. The quantitative estimate of drug-likeness (QED) is 0.710. The lowest BCUT2D eigenvalue weighted by molar-refractivity contribution is -0.269. The van der Waals surface area contributed by atoms with Crippen LogP contribution in [-0.2, 0) is 4.79 Å². The average Bonchev–Trinajstić information content (AvgIpc) is 2.52. The van der Waals surface area contributed by atoms with Crippen LogP contribution in [0, 0.1) is 0 Å². The van der Waals surface area contributed by atoms with Crippen LogP contribution in [-0.4, -0.2) is 30.5 Å². The van der Waals surface area contributed by atoms with E-state index < -0.39 is 23.9 Å². The van der Waals surface area contributed by atoms with Crippen LogP contribution in [0.5, 0.6) is 0 Å². The Balaban J connectivity index is 2.76. The summed E-state index contributed by atoms with van der Waals surface area (Å²) >= 11 is 0. The predicted octanol–water partition coefficient (Wildman–Crippen LogP) is 1.51. The molecular weight excluding hydrogens is 209 g/mol. The predicted molar refractivity (Wildman–Crippen MR) is 37.0 cm³/mol. The largest absolute Gasteiger partial charge is 0.461 e. The third-order valence-corrected chi connectivity index (χ3v) is 2.04. The minimum atomic E-state index is -5.80. The smallest absolute Gasteiger partial charge is 0.307 e. The first-order valence-corrected chi connectivity index (χ1v) is 3.99. The van der Waals surface area contributed by atoms with Crippen molar-refractivity contribution < 1.29 is 26.7 Å². The van der Waals surface area contributed by atoms with Crippen LogP contribution >= 0.6 is 0 Å². The molecule has 7 heteroatoms. The summed E-state index contributed by atoms with van der Waals surface area (Å²) in [5.41, 5.74) is 0. The zero-order chi connectivity index (χ0) is 11.0. The summed E-state index contributed by atoms with van der Waals surface area (Å²) < 4.78 is 60.1. The van der Waals surface area contributed by atoms with E-state index in [1.54, 1.807) is 0 Å². The van der Waals surface area contributed by atoms with E-state index in [4.69, 9.17) is 0 Å². The zero-order valence-electron chi connectivity index (χ0n) is 7.00. The molecule has 1 saturated heterocycles. The van der Waals surface area contributed by atoms with E-state index in [1.807, 2.05) is 0 Å². The van der Waals surface area contributed by atoms with Gasteiger partial charge in [0.1, 0.15) is 0 Å². The number of hydrogen-bond donors (Lipinski definition) is 1. The highest BCUT2D eigenvalue weighted by Gasteiger charge is 2.64. The molecule has 0 aromatic heterocycles. The van der Waals surface area contributed by atoms with Crippen molar-refractivity contribution in [2.45, 2.75) is 31.0 Å². The fourth-order valence-corrected chi connectivity index (χ4v) is 1.27. The Kier molecular flexibility index (Phi) is 2.80. The molecule has 0 spiro atoms. The molecule has 1 rings (SSSR count). The minimum absolute atomic E-state index is 0.0322. The minimum Gasteiger partial charge on any atom is -0.307 e. The zero-order valence-corrected chi connectivity index (χ0v) is 7.00. The number of alkyl halides is 5. The third-order valence-electron chi connectivity index (χ3n) is 2.04. The molecule has 0 aromatic carbocycles. The topological polar surface area (TPSA) is 29.1 Å². The number of Topliss-reactive ketones (excluding diaryl/α,β-unsaturated/α-hetero) is 1. The fraction of sp³-hybridized carbons (Fsp3) is 0.857. The molecule has 2 nitrogen and oxygen atoms in total. The average molecular weight is 217 g/mol. The van der Waals surface area contributed by atoms with Gasteiger partial charge >= 0.3 is 12.1 Å². The summed E-state index contributed by atoms with van der Waals surface area (Å²) in [6, 6.07) is -1.37. The van der Waals surface area contributed by atoms with Gasteiger partial charge in [0, 0.05) is 0 Å². The second-order valence-electron chi connectivity index (χ2n) is 3.09. The van der Waals surface area contributed by atoms with Gasteiger partial charge in [-0.15, -0.1) is 0 Å². The molecular formula is C7H8F5NO. The Morgan fingerprint density at radius 2 is 1.79 bits per heavy atom. The molecule has 0 aromatic rings. The van der Waals surface area contributed by atoms with Gasteiger partial charge in [0.05, 0.1) is 6.04 Å². The molecule has 0 aliphatic carbocycles. The lowest BCUT2D eigenvalue weighted by Gasteiger charge is -2.21. The van der Waals surface area contributed by atoms with Crippen molar-refractivity contribution in [1.29, 1.82) is 0 Å². The van der Waals surface area contributed by atoms with Crippen LogP contribution in [0.3, 0.4) is 0 Å². The molecule has 1 unspecified atom stereocenters. The molecule has 0 radical (unpaired) electrons. The first kappa shape index (κ1) is 11.4. The van der Waals surface area contributed by atoms with Crippen molar-refractivity contribution in [3.63, 3.8) is 0 Å². The van der Waals surface area contributed by atoms with E-state index in [-0.39, 0.29) is 6.42 Å². The number of halogens is 5. The SMILES string of the molecule is O=C(C1CCCN1)C(F)(F)C(F)(F)F. The number of carbonyl (C=O) groups excluding carboxylic acids is 1. The molecule has 0 amide bonds. The standard InChI is InChI=1S/C7H8F5NO/c8-6(9,7(10,11)12)5(14)4-2-1-3-13-4/h4,13H,1-3H2. The van der Waals surface area contributed by atoms with Crippen LogP contribution in [0.1, 0.15) is 12.8 Å². The van der Waals surface area contributed by atoms with Crippen molar-refractivity contribution in [2.24, 2.45) is 0 Å². The van der Waals surface area contributed by atoms with Crippen molar-refractivity contribution in [3.05, 3.63) is 0 Å². The van der Waals surface area contributed by atoms with Crippen molar-refractivity contribution in [2.75, 3.05) is 6.54 Å². The van der Waals surface area contributed by atoms with Crippen molar-refractivity contribution in [3.8, 4) is 0 Å². The van der Waals surface area contributed by atoms with Crippen LogP contribution in [0.2, 0.25) is 0 Å². The van der Waals surface area contributed by atoms with Gasteiger partial charge in [-0.3, -0.25) is 4.79 Å². The number of rotatable bonds is 2. The van der Waals surface area contributed by atoms with E-state index in [0.29, 0.717) is 13.0 Å².